The van der Waals surface area contributed by atoms with Crippen LogP contribution in [0.15, 0.2) is 176 Å². The van der Waals surface area contributed by atoms with Gasteiger partial charge in [0.05, 0.1) is 40.1 Å². The fourth-order valence-corrected chi connectivity index (χ4v) is 15.6. The van der Waals surface area contributed by atoms with Gasteiger partial charge < -0.3 is 4.40 Å². The number of aromatic nitrogens is 3. The van der Waals surface area contributed by atoms with Crippen molar-refractivity contribution in [2.45, 2.75) is 68.6 Å². The van der Waals surface area contributed by atoms with Gasteiger partial charge in [-0.25, -0.2) is 0 Å². The number of benzene rings is 7. The molecule has 2 fully saturated rings. The van der Waals surface area contributed by atoms with Crippen molar-refractivity contribution in [3.8, 4) is 44.5 Å². The highest BCUT2D eigenvalue weighted by Gasteiger charge is 2.56. The summed E-state index contributed by atoms with van der Waals surface area (Å²) in [6, 6.07) is 61.8. The van der Waals surface area contributed by atoms with Crippen molar-refractivity contribution in [1.29, 1.82) is 0 Å². The second kappa shape index (κ2) is 13.2. The van der Waals surface area contributed by atoms with Gasteiger partial charge in [0.15, 0.2) is 0 Å². The van der Waals surface area contributed by atoms with Crippen LogP contribution in [0.1, 0.15) is 103 Å². The van der Waals surface area contributed by atoms with Gasteiger partial charge >= 0.3 is 0 Å². The second-order valence-electron chi connectivity index (χ2n) is 21.5. The molecule has 0 spiro atoms. The molecule has 11 aromatic rings. The van der Waals surface area contributed by atoms with Crippen LogP contribution in [0.3, 0.4) is 0 Å². The summed E-state index contributed by atoms with van der Waals surface area (Å²) in [7, 11) is 0. The topological polar surface area (TPSA) is 30.2 Å². The van der Waals surface area contributed by atoms with Crippen LogP contribution in [0.2, 0.25) is 0 Å². The summed E-state index contributed by atoms with van der Waals surface area (Å²) in [5, 5.41) is 5.44. The number of pyridine rings is 2. The van der Waals surface area contributed by atoms with E-state index in [1.54, 1.807) is 5.56 Å². The SMILES string of the molecule is CC12c3ccccc3C(C)(c3ccccc31)c1c2ncc2c1c1cc(-c3c(-c4ccccc4)cc(-c4ccccc4)cc3-c3ccccc3)cc3c4c5c(ncc4n2c31)C1CC2CC(C1)CC5C2. The Kier molecular flexibility index (Phi) is 7.32. The van der Waals surface area contributed by atoms with Crippen LogP contribution in [0, 0.1) is 11.8 Å². The van der Waals surface area contributed by atoms with Gasteiger partial charge in [0.2, 0.25) is 0 Å². The first-order valence-corrected chi connectivity index (χ1v) is 25.1. The van der Waals surface area contributed by atoms with Crippen LogP contribution in [0.4, 0.5) is 0 Å². The number of hydrogen-bond acceptors (Lipinski definition) is 2. The lowest BCUT2D eigenvalue weighted by Crippen LogP contribution is -2.48. The minimum absolute atomic E-state index is 0.406. The number of fused-ring (bicyclic) bond motifs is 6. The van der Waals surface area contributed by atoms with Gasteiger partial charge in [0.1, 0.15) is 0 Å². The van der Waals surface area contributed by atoms with E-state index in [0.29, 0.717) is 11.8 Å². The highest BCUT2D eigenvalue weighted by Crippen LogP contribution is 2.64. The van der Waals surface area contributed by atoms with Crippen LogP contribution in [0.25, 0.3) is 82.6 Å². The Hall–Kier alpha value is -7.36. The van der Waals surface area contributed by atoms with Crippen LogP contribution in [-0.2, 0) is 10.8 Å². The molecule has 2 atom stereocenters. The summed E-state index contributed by atoms with van der Waals surface area (Å²) in [6.45, 7) is 4.93. The quantitative estimate of drug-likeness (QED) is 0.176. The first-order chi connectivity index (χ1) is 33.5. The van der Waals surface area contributed by atoms with Crippen molar-refractivity contribution in [2.24, 2.45) is 11.8 Å². The van der Waals surface area contributed by atoms with E-state index in [1.807, 2.05) is 0 Å². The molecule has 0 N–H and O–H groups in total. The largest absolute Gasteiger partial charge is 0.305 e. The lowest BCUT2D eigenvalue weighted by Gasteiger charge is -2.53. The number of nitrogens with zero attached hydrogens (tertiary/aromatic N) is 3. The summed E-state index contributed by atoms with van der Waals surface area (Å²) in [4.78, 5) is 11.3. The monoisotopic (exact) mass is 871 g/mol. The average Bonchev–Trinajstić information content (AvgIpc) is 3.85. The molecular formula is C65H49N3. The molecule has 68 heavy (non-hydrogen) atoms. The molecular weight excluding hydrogens is 823 g/mol. The van der Waals surface area contributed by atoms with Crippen molar-refractivity contribution < 1.29 is 0 Å². The Labute approximate surface area is 396 Å². The molecule has 7 aliphatic rings. The molecule has 3 heteroatoms. The third-order valence-corrected chi connectivity index (χ3v) is 18.2. The third-order valence-electron chi connectivity index (χ3n) is 18.2. The summed E-state index contributed by atoms with van der Waals surface area (Å²) < 4.78 is 2.61. The fraction of sp³-hybridized carbons (Fsp3) is 0.200. The molecule has 2 saturated carbocycles. The van der Waals surface area contributed by atoms with E-state index >= 15 is 0 Å². The standard InChI is InChI=1S/C65H49N3/c1-64-50-22-12-14-24-52(50)65(2,53-25-15-13-23-51(53)64)63-60(64)59-49-34-44(56-46(40-18-8-4-9-19-40)31-42(39-16-6-3-7-17-39)32-47(56)41-20-10-5-11-21-41)33-48-58-54(68(62(48)49)55(59)36-67-63)35-66-61-45-29-37-26-38(30-45)28-43(27-37)57(58)61/h3-25,31-38,43,45H,26-30H2,1-2H3. The zero-order valence-electron chi connectivity index (χ0n) is 38.4. The molecule has 0 amide bonds. The van der Waals surface area contributed by atoms with Crippen molar-refractivity contribution >= 4 is 38.1 Å². The van der Waals surface area contributed by atoms with Crippen LogP contribution in [-0.4, -0.2) is 14.4 Å². The molecule has 0 saturated heterocycles. The second-order valence-corrected chi connectivity index (χ2v) is 21.5. The predicted molar refractivity (Wildman–Crippen MR) is 278 cm³/mol. The molecule has 4 heterocycles. The maximum atomic E-state index is 5.70. The lowest BCUT2D eigenvalue weighted by atomic mass is 9.49. The zero-order valence-corrected chi connectivity index (χ0v) is 38.4. The normalized spacial score (nSPS) is 23.9. The van der Waals surface area contributed by atoms with E-state index in [0.717, 1.165) is 11.8 Å². The molecule has 18 rings (SSSR count). The minimum Gasteiger partial charge on any atom is -0.305 e. The molecule has 0 radical (unpaired) electrons. The first-order valence-electron chi connectivity index (χ1n) is 25.1. The van der Waals surface area contributed by atoms with Gasteiger partial charge in [-0.15, -0.1) is 0 Å². The number of hydrogen-bond donors (Lipinski definition) is 0. The molecule has 2 unspecified atom stereocenters. The molecule has 4 aromatic heterocycles. The summed E-state index contributed by atoms with van der Waals surface area (Å²) >= 11 is 0. The molecule has 7 aliphatic carbocycles. The molecule has 6 bridgehead atoms. The minimum atomic E-state index is -0.421. The summed E-state index contributed by atoms with van der Waals surface area (Å²) in [5.41, 5.74) is 23.8. The van der Waals surface area contributed by atoms with Crippen LogP contribution >= 0.6 is 0 Å². The Morgan fingerprint density at radius 3 is 1.53 bits per heavy atom. The van der Waals surface area contributed by atoms with Gasteiger partial charge in [-0.05, 0) is 166 Å². The molecule has 324 valence electrons. The summed E-state index contributed by atoms with van der Waals surface area (Å²) in [5.74, 6) is 2.70. The van der Waals surface area contributed by atoms with Gasteiger partial charge in [0, 0.05) is 38.6 Å². The van der Waals surface area contributed by atoms with Crippen molar-refractivity contribution in [2.75, 3.05) is 0 Å². The average molecular weight is 872 g/mol. The highest BCUT2D eigenvalue weighted by atomic mass is 15.0. The van der Waals surface area contributed by atoms with Gasteiger partial charge in [-0.1, -0.05) is 140 Å². The predicted octanol–water partition coefficient (Wildman–Crippen LogP) is 16.0. The Morgan fingerprint density at radius 1 is 0.456 bits per heavy atom. The smallest absolute Gasteiger partial charge is 0.0729 e. The van der Waals surface area contributed by atoms with Gasteiger partial charge in [-0.2, -0.15) is 0 Å². The number of rotatable bonds is 4. The first kappa shape index (κ1) is 37.7. The summed E-state index contributed by atoms with van der Waals surface area (Å²) in [6.07, 6.45) is 11.1. The van der Waals surface area contributed by atoms with Crippen molar-refractivity contribution in [1.82, 2.24) is 14.4 Å². The fourth-order valence-electron chi connectivity index (χ4n) is 15.6. The van der Waals surface area contributed by atoms with E-state index in [-0.39, 0.29) is 0 Å². The Bertz CT molecular complexity index is 3820. The van der Waals surface area contributed by atoms with Gasteiger partial charge in [-0.3, -0.25) is 9.97 Å². The van der Waals surface area contributed by atoms with E-state index in [2.05, 4.69) is 194 Å². The maximum Gasteiger partial charge on any atom is 0.0729 e. The van der Waals surface area contributed by atoms with Gasteiger partial charge in [0.25, 0.3) is 0 Å². The van der Waals surface area contributed by atoms with E-state index in [9.17, 15) is 0 Å². The Morgan fingerprint density at radius 2 is 0.941 bits per heavy atom. The maximum absolute atomic E-state index is 5.70. The van der Waals surface area contributed by atoms with Crippen LogP contribution < -0.4 is 0 Å². The van der Waals surface area contributed by atoms with E-state index in [4.69, 9.17) is 9.97 Å². The van der Waals surface area contributed by atoms with E-state index < -0.39 is 10.8 Å². The Balaban J connectivity index is 1.10. The molecule has 0 aliphatic heterocycles. The van der Waals surface area contributed by atoms with Crippen molar-refractivity contribution in [3.63, 3.8) is 0 Å². The molecule has 3 nitrogen and oxygen atoms in total. The van der Waals surface area contributed by atoms with E-state index in [1.165, 1.54) is 154 Å². The van der Waals surface area contributed by atoms with Crippen LogP contribution in [0.5, 0.6) is 0 Å². The molecule has 7 aromatic carbocycles. The lowest BCUT2D eigenvalue weighted by molar-refractivity contribution is 0.165. The van der Waals surface area contributed by atoms with Crippen molar-refractivity contribution in [3.05, 3.63) is 221 Å². The highest BCUT2D eigenvalue weighted by molar-refractivity contribution is 6.26. The third kappa shape index (κ3) is 4.65. The zero-order chi connectivity index (χ0) is 44.6.